The Kier molecular flexibility index (Phi) is 86.5. The Hall–Kier alpha value is -5.81. The van der Waals surface area contributed by atoms with E-state index in [9.17, 15) is 28.8 Å². The number of ether oxygens (including phenoxy) is 2. The Morgan fingerprint density at radius 1 is 0.429 bits per heavy atom. The van der Waals surface area contributed by atoms with E-state index in [1.54, 1.807) is 0 Å². The van der Waals surface area contributed by atoms with Gasteiger partial charge in [0, 0.05) is 43.2 Å². The lowest BCUT2D eigenvalue weighted by Gasteiger charge is -2.25. The summed E-state index contributed by atoms with van der Waals surface area (Å²) in [6.07, 6.45) is 42.0. The monoisotopic (exact) mass is 1770 g/mol. The molecule has 736 valence electrons. The fraction of sp³-hybridized carbons (Fsp3) is 0.815. The summed E-state index contributed by atoms with van der Waals surface area (Å²) in [6.45, 7) is 63.7. The van der Waals surface area contributed by atoms with Crippen LogP contribution in [-0.4, -0.2) is 99.4 Å². The van der Waals surface area contributed by atoms with Crippen LogP contribution >= 0.6 is 0 Å². The summed E-state index contributed by atoms with van der Waals surface area (Å²) in [5.74, 6) is 7.72. The van der Waals surface area contributed by atoms with Gasteiger partial charge in [0.15, 0.2) is 0 Å². The first-order chi connectivity index (χ1) is 59.9. The molecule has 0 bridgehead atoms. The van der Waals surface area contributed by atoms with E-state index in [0.717, 1.165) is 155 Å². The molecule has 0 unspecified atom stereocenters. The largest absolute Gasteiger partial charge is 0.481 e. The van der Waals surface area contributed by atoms with Crippen LogP contribution in [0, 0.1) is 88.8 Å². The SMILES string of the molecule is CCC[C@H](C)CC(CC)CC.CCC[C@H](C)CCC(=O)N1C(=O)O[C@@H](c2ccccc2)[C@H]1C.CCC[C@H](C)CCC(=O)O.CCC[C@H](C)CCC=C(C)C.CCC[C@H](C)C[C@@H](CC)C(=O)N1C(=O)O[C@@H](c2ccccc2)[C@H]1C.CCC[C@H](C)C[C@@H](CC)CN.CCC[C@H](C)C[C@@H](CC)CN=[N+]=[N-].CCC[C@H](C)C[C@@H](CC)CO.CCC[C@H](C)C[C@H](CN)CC(=O)O. The normalized spacial score (nSPS) is 17.6. The maximum atomic E-state index is 12.9. The average Bonchev–Trinajstić information content (AvgIpc) is 1.65. The van der Waals surface area contributed by atoms with Gasteiger partial charge >= 0.3 is 24.1 Å². The summed E-state index contributed by atoms with van der Waals surface area (Å²) in [4.78, 5) is 75.7. The first kappa shape index (κ1) is 129. The molecule has 18 heteroatoms. The number of benzene rings is 2. The molecule has 18 atom stereocenters. The molecule has 2 aromatic carbocycles. The molecule has 2 aromatic rings. The molecule has 4 rings (SSSR count). The van der Waals surface area contributed by atoms with Crippen molar-refractivity contribution in [1.82, 2.24) is 9.80 Å². The van der Waals surface area contributed by atoms with Crippen molar-refractivity contribution in [3.05, 3.63) is 93.9 Å². The molecule has 2 fully saturated rings. The van der Waals surface area contributed by atoms with Crippen LogP contribution in [0.15, 0.2) is 77.4 Å². The number of azide groups is 1. The second kappa shape index (κ2) is 84.7. The third-order valence-corrected chi connectivity index (χ3v) is 25.1. The highest BCUT2D eigenvalue weighted by molar-refractivity contribution is 5.95. The summed E-state index contributed by atoms with van der Waals surface area (Å²) in [6, 6.07) is 18.7. The van der Waals surface area contributed by atoms with E-state index in [-0.39, 0.29) is 54.4 Å². The van der Waals surface area contributed by atoms with Crippen LogP contribution in [0.2, 0.25) is 0 Å². The number of carbonyl (C=O) groups excluding carboxylic acids is 4. The van der Waals surface area contributed by atoms with Crippen LogP contribution in [0.25, 0.3) is 10.4 Å². The van der Waals surface area contributed by atoms with E-state index in [0.29, 0.717) is 68.0 Å². The van der Waals surface area contributed by atoms with Gasteiger partial charge in [-0.25, -0.2) is 19.4 Å². The molecule has 0 aromatic heterocycles. The molecule has 0 radical (unpaired) electrons. The minimum absolute atomic E-state index is 0.0867. The number of amides is 4. The number of hydrogen-bond acceptors (Lipinski definition) is 12. The van der Waals surface area contributed by atoms with Gasteiger partial charge in [-0.05, 0) is 211 Å². The van der Waals surface area contributed by atoms with Gasteiger partial charge in [-0.1, -0.05) is 391 Å². The molecule has 126 heavy (non-hydrogen) atoms. The number of cyclic esters (lactones) is 2. The zero-order valence-electron chi connectivity index (χ0n) is 86.8. The number of nitrogens with two attached hydrogens (primary N) is 2. The standard InChI is InChI=1S/C20H29NO3.C18H25NO3.C11H22.C11H24.C10H21N3.C10H21NO2.C10H23N.C10H22O.C8H16O2/c1-5-10-14(3)13-16(6-2)19(22)21-15(4)18(24-20(21)23)17-11-8-7-9-12-17;1-4-8-13(2)11-12-16(20)19-14(3)17(22-18(19)21)15-9-6-5-7-10-15;1-5-7-11(4)9-6-8-10(2)3;1-5-8-10(4)9-11(6-2)7-3;1-4-6-9(3)7-10(5-2)8-12-13-11;1-3-4-8(2)5-9(7-11)6-10(12)13;2*1-4-6-9(3)7-10(5-2)8-11;1-3-4-7(2)5-6-8(9)10/h7-9,11-12,14-16,18H,5-6,10,13H2,1-4H3;5-7,9-10,13-14,17H,4,8,11-12H2,1-3H3;8,11H,5-7,9H2,1-4H3;10-11H,5-9H2,1-4H3;9-10H,4-8H2,1-3H3;8-9H,3-7,11H2,1-2H3,(H,12,13);9-10H,4-8,11H2,1-3H3;9-11H,4-8H2,1-3H3;7H,3-6H2,1-2H3,(H,9,10)/t14-,15+,16+,18+;13-,14+,17+;11-;10-;9-,10+;8-,9-;2*9-,10+;7-/m000000000/s1. The van der Waals surface area contributed by atoms with Crippen molar-refractivity contribution in [2.24, 2.45) is 105 Å². The quantitative estimate of drug-likeness (QED) is 0.0178. The van der Waals surface area contributed by atoms with Crippen molar-refractivity contribution in [3.63, 3.8) is 0 Å². The second-order valence-electron chi connectivity index (χ2n) is 38.3. The zero-order chi connectivity index (χ0) is 96.9. The number of carboxylic acids is 2. The number of aliphatic hydroxyl groups is 1. The van der Waals surface area contributed by atoms with Gasteiger partial charge in [0.05, 0.1) is 12.1 Å². The molecular weight excluding hydrogens is 1570 g/mol. The Balaban J connectivity index is -0.000000445. The topological polar surface area (TPSA) is 289 Å². The molecular formula is C108H203N7O11. The molecule has 0 spiro atoms. The third-order valence-electron chi connectivity index (χ3n) is 25.1. The number of allylic oxidation sites excluding steroid dienone is 2. The van der Waals surface area contributed by atoms with Crippen LogP contribution in [-0.2, 0) is 28.7 Å². The Bertz CT molecular complexity index is 2880. The predicted molar refractivity (Wildman–Crippen MR) is 537 cm³/mol. The van der Waals surface area contributed by atoms with Crippen LogP contribution < -0.4 is 11.5 Å². The minimum Gasteiger partial charge on any atom is -0.481 e. The van der Waals surface area contributed by atoms with Crippen LogP contribution in [0.1, 0.15) is 455 Å². The molecule has 0 aliphatic carbocycles. The van der Waals surface area contributed by atoms with Crippen molar-refractivity contribution in [2.45, 2.75) is 456 Å². The van der Waals surface area contributed by atoms with Gasteiger partial charge in [0.2, 0.25) is 11.8 Å². The van der Waals surface area contributed by atoms with Crippen LogP contribution in [0.4, 0.5) is 9.59 Å². The van der Waals surface area contributed by atoms with Crippen molar-refractivity contribution in [2.75, 3.05) is 26.2 Å². The lowest BCUT2D eigenvalue weighted by molar-refractivity contribution is -0.138. The molecule has 0 saturated carbocycles. The Morgan fingerprint density at radius 2 is 0.754 bits per heavy atom. The number of imide groups is 2. The summed E-state index contributed by atoms with van der Waals surface area (Å²) >= 11 is 0. The minimum atomic E-state index is -0.737. The predicted octanol–water partition coefficient (Wildman–Crippen LogP) is 31.6. The summed E-state index contributed by atoms with van der Waals surface area (Å²) in [7, 11) is 0. The van der Waals surface area contributed by atoms with Crippen molar-refractivity contribution in [1.29, 1.82) is 0 Å². The number of aliphatic carboxylic acids is 2. The number of carbonyl (C=O) groups is 6. The van der Waals surface area contributed by atoms with Crippen molar-refractivity contribution < 1.29 is 53.6 Å². The number of nitrogens with zero attached hydrogens (tertiary/aromatic N) is 5. The van der Waals surface area contributed by atoms with Gasteiger partial charge < -0.3 is 36.3 Å². The second-order valence-corrected chi connectivity index (χ2v) is 38.3. The fourth-order valence-electron chi connectivity index (χ4n) is 17.2. The summed E-state index contributed by atoms with van der Waals surface area (Å²) in [5.41, 5.74) is 22.6. The highest BCUT2D eigenvalue weighted by atomic mass is 16.6. The van der Waals surface area contributed by atoms with Crippen molar-refractivity contribution >= 4 is 35.9 Å². The lowest BCUT2D eigenvalue weighted by atomic mass is 9.89. The smallest absolute Gasteiger partial charge is 0.417 e. The van der Waals surface area contributed by atoms with E-state index < -0.39 is 24.1 Å². The zero-order valence-corrected chi connectivity index (χ0v) is 86.8. The third kappa shape index (κ3) is 67.4. The van der Waals surface area contributed by atoms with E-state index in [1.807, 2.05) is 81.4 Å². The van der Waals surface area contributed by atoms with Gasteiger partial charge in [0.25, 0.3) is 0 Å². The summed E-state index contributed by atoms with van der Waals surface area (Å²) in [5, 5.41) is 29.5. The summed E-state index contributed by atoms with van der Waals surface area (Å²) < 4.78 is 10.9. The van der Waals surface area contributed by atoms with E-state index in [2.05, 4.69) is 189 Å². The van der Waals surface area contributed by atoms with E-state index in [1.165, 1.54) is 137 Å². The number of aliphatic hydroxyl groups excluding tert-OH is 1. The molecule has 2 aliphatic heterocycles. The number of rotatable bonds is 55. The Morgan fingerprint density at radius 3 is 1.09 bits per heavy atom. The molecule has 4 amide bonds. The number of carboxylic acid groups (broad SMARTS) is 2. The number of hydrogen-bond donors (Lipinski definition) is 5. The van der Waals surface area contributed by atoms with E-state index in [4.69, 9.17) is 41.8 Å². The molecule has 2 aliphatic rings. The highest BCUT2D eigenvalue weighted by Gasteiger charge is 2.46. The van der Waals surface area contributed by atoms with Crippen molar-refractivity contribution in [3.8, 4) is 0 Å². The fourth-order valence-corrected chi connectivity index (χ4v) is 17.2. The molecule has 2 heterocycles. The van der Waals surface area contributed by atoms with Gasteiger partial charge in [-0.15, -0.1) is 0 Å². The first-order valence-corrected chi connectivity index (χ1v) is 51.2. The van der Waals surface area contributed by atoms with Crippen LogP contribution in [0.3, 0.4) is 0 Å². The molecule has 18 nitrogen and oxygen atoms in total. The maximum absolute atomic E-state index is 12.9. The van der Waals surface area contributed by atoms with E-state index >= 15 is 0 Å². The van der Waals surface area contributed by atoms with Gasteiger partial charge in [0.1, 0.15) is 12.2 Å². The van der Waals surface area contributed by atoms with Crippen LogP contribution in [0.5, 0.6) is 0 Å². The maximum Gasteiger partial charge on any atom is 0.417 e. The first-order valence-electron chi connectivity index (χ1n) is 51.2. The lowest BCUT2D eigenvalue weighted by Crippen LogP contribution is -2.42. The average molecular weight is 1780 g/mol. The molecule has 7 N–H and O–H groups in total. The van der Waals surface area contributed by atoms with Gasteiger partial charge in [-0.2, -0.15) is 0 Å². The van der Waals surface area contributed by atoms with Gasteiger partial charge in [-0.3, -0.25) is 19.2 Å². The Labute approximate surface area is 776 Å². The molecule has 2 saturated heterocycles. The highest BCUT2D eigenvalue weighted by Crippen LogP contribution is 2.37.